The van der Waals surface area contributed by atoms with Crippen LogP contribution >= 0.6 is 0 Å². The van der Waals surface area contributed by atoms with Crippen LogP contribution in [0.1, 0.15) is 53.5 Å². The van der Waals surface area contributed by atoms with Crippen molar-refractivity contribution < 1.29 is 9.53 Å². The summed E-state index contributed by atoms with van der Waals surface area (Å²) in [5.74, 6) is 0.583. The first-order valence-corrected chi connectivity index (χ1v) is 8.65. The number of aromatic nitrogens is 3. The summed E-state index contributed by atoms with van der Waals surface area (Å²) >= 11 is 0. The second-order valence-corrected chi connectivity index (χ2v) is 6.63. The number of hydrogen-bond donors (Lipinski definition) is 1. The summed E-state index contributed by atoms with van der Waals surface area (Å²) in [6.07, 6.45) is 6.16. The maximum Gasteiger partial charge on any atom is 0.274 e. The molecular formula is C18H22N4O2. The van der Waals surface area contributed by atoms with Crippen molar-refractivity contribution in [1.82, 2.24) is 20.1 Å². The van der Waals surface area contributed by atoms with E-state index in [-0.39, 0.29) is 12.0 Å². The number of pyridine rings is 1. The molecule has 2 fully saturated rings. The summed E-state index contributed by atoms with van der Waals surface area (Å²) in [7, 11) is 0. The van der Waals surface area contributed by atoms with Gasteiger partial charge < -0.3 is 9.64 Å². The van der Waals surface area contributed by atoms with Crippen LogP contribution in [0.2, 0.25) is 0 Å². The average Bonchev–Trinajstić information content (AvgIpc) is 3.37. The minimum Gasteiger partial charge on any atom is -0.370 e. The molecule has 1 saturated carbocycles. The number of aromatic amines is 1. The number of likely N-dealkylation sites (tertiary alicyclic amines) is 1. The predicted molar refractivity (Wildman–Crippen MR) is 88.5 cm³/mol. The zero-order valence-corrected chi connectivity index (χ0v) is 13.6. The Bertz CT molecular complexity index is 696. The quantitative estimate of drug-likeness (QED) is 0.916. The van der Waals surface area contributed by atoms with Crippen LogP contribution in [-0.4, -0.2) is 45.2 Å². The van der Waals surface area contributed by atoms with Crippen LogP contribution in [0.25, 0.3) is 0 Å². The molecule has 1 saturated heterocycles. The Morgan fingerprint density at radius 3 is 3.04 bits per heavy atom. The fraction of sp³-hybridized carbons (Fsp3) is 0.500. The van der Waals surface area contributed by atoms with Gasteiger partial charge in [-0.05, 0) is 43.9 Å². The molecule has 1 aliphatic carbocycles. The Kier molecular flexibility index (Phi) is 4.30. The normalized spacial score (nSPS) is 21.0. The lowest BCUT2D eigenvalue weighted by Crippen LogP contribution is -2.43. The summed E-state index contributed by atoms with van der Waals surface area (Å²) in [6.45, 7) is 1.88. The maximum atomic E-state index is 12.7. The number of carbonyl (C=O) groups excluding carboxylic acids is 1. The molecule has 0 bridgehead atoms. The van der Waals surface area contributed by atoms with E-state index in [2.05, 4.69) is 15.2 Å². The van der Waals surface area contributed by atoms with Crippen molar-refractivity contribution in [3.05, 3.63) is 47.5 Å². The van der Waals surface area contributed by atoms with Gasteiger partial charge >= 0.3 is 0 Å². The maximum absolute atomic E-state index is 12.7. The molecule has 3 heterocycles. The molecule has 2 aliphatic rings. The van der Waals surface area contributed by atoms with Crippen LogP contribution in [0, 0.1) is 0 Å². The molecule has 6 nitrogen and oxygen atoms in total. The van der Waals surface area contributed by atoms with Gasteiger partial charge in [-0.3, -0.25) is 14.9 Å². The highest BCUT2D eigenvalue weighted by Crippen LogP contribution is 2.39. The minimum atomic E-state index is 0.00397. The molecule has 0 unspecified atom stereocenters. The number of piperidine rings is 1. The zero-order valence-electron chi connectivity index (χ0n) is 13.6. The third-order valence-corrected chi connectivity index (χ3v) is 4.69. The van der Waals surface area contributed by atoms with Gasteiger partial charge in [-0.25, -0.2) is 0 Å². The first-order chi connectivity index (χ1) is 11.8. The van der Waals surface area contributed by atoms with Gasteiger partial charge in [0.15, 0.2) is 0 Å². The zero-order chi connectivity index (χ0) is 16.4. The van der Waals surface area contributed by atoms with E-state index in [1.807, 2.05) is 29.2 Å². The van der Waals surface area contributed by atoms with Gasteiger partial charge in [-0.1, -0.05) is 6.07 Å². The number of H-pyrrole nitrogens is 1. The highest BCUT2D eigenvalue weighted by Gasteiger charge is 2.29. The van der Waals surface area contributed by atoms with E-state index in [0.29, 0.717) is 24.8 Å². The predicted octanol–water partition coefficient (Wildman–Crippen LogP) is 2.50. The van der Waals surface area contributed by atoms with Crippen molar-refractivity contribution in [3.8, 4) is 0 Å². The van der Waals surface area contributed by atoms with Gasteiger partial charge in [0.2, 0.25) is 0 Å². The van der Waals surface area contributed by atoms with E-state index in [4.69, 9.17) is 4.74 Å². The van der Waals surface area contributed by atoms with Crippen LogP contribution in [0.3, 0.4) is 0 Å². The molecule has 6 heteroatoms. The highest BCUT2D eigenvalue weighted by atomic mass is 16.5. The largest absolute Gasteiger partial charge is 0.370 e. The molecule has 2 aromatic rings. The van der Waals surface area contributed by atoms with E-state index in [9.17, 15) is 4.79 Å². The molecule has 4 rings (SSSR count). The van der Waals surface area contributed by atoms with Crippen molar-refractivity contribution >= 4 is 5.91 Å². The molecule has 1 N–H and O–H groups in total. The molecule has 1 atom stereocenters. The third-order valence-electron chi connectivity index (χ3n) is 4.69. The van der Waals surface area contributed by atoms with Crippen LogP contribution < -0.4 is 0 Å². The second kappa shape index (κ2) is 6.73. The Morgan fingerprint density at radius 1 is 1.33 bits per heavy atom. The Labute approximate surface area is 141 Å². The fourth-order valence-electron chi connectivity index (χ4n) is 3.16. The topological polar surface area (TPSA) is 71.1 Å². The average molecular weight is 326 g/mol. The summed E-state index contributed by atoms with van der Waals surface area (Å²) in [6, 6.07) is 7.72. The number of ether oxygens (including phenoxy) is 1. The van der Waals surface area contributed by atoms with Crippen LogP contribution in [0.4, 0.5) is 0 Å². The molecule has 0 aromatic carbocycles. The second-order valence-electron chi connectivity index (χ2n) is 6.63. The minimum absolute atomic E-state index is 0.00397. The summed E-state index contributed by atoms with van der Waals surface area (Å²) in [4.78, 5) is 18.8. The lowest BCUT2D eigenvalue weighted by Gasteiger charge is -2.32. The van der Waals surface area contributed by atoms with Gasteiger partial charge in [-0.15, -0.1) is 0 Å². The first-order valence-electron chi connectivity index (χ1n) is 8.65. The number of nitrogens with zero attached hydrogens (tertiary/aromatic N) is 3. The number of amides is 1. The number of rotatable bonds is 5. The van der Waals surface area contributed by atoms with Gasteiger partial charge in [-0.2, -0.15) is 5.10 Å². The van der Waals surface area contributed by atoms with Crippen LogP contribution in [0.5, 0.6) is 0 Å². The lowest BCUT2D eigenvalue weighted by atomic mass is 10.1. The summed E-state index contributed by atoms with van der Waals surface area (Å²) in [5, 5.41) is 7.21. The lowest BCUT2D eigenvalue weighted by molar-refractivity contribution is -0.00801. The van der Waals surface area contributed by atoms with Crippen molar-refractivity contribution in [2.75, 3.05) is 13.1 Å². The van der Waals surface area contributed by atoms with Gasteiger partial charge in [0.25, 0.3) is 5.91 Å². The SMILES string of the molecule is O=C(c1cc(C2CC2)[nH]n1)N1CCC[C@H](OCc2ccccn2)C1. The van der Waals surface area contributed by atoms with Gasteiger partial charge in [0.05, 0.1) is 18.4 Å². The Balaban J connectivity index is 1.34. The van der Waals surface area contributed by atoms with Crippen molar-refractivity contribution in [2.24, 2.45) is 0 Å². The smallest absolute Gasteiger partial charge is 0.274 e. The van der Waals surface area contributed by atoms with Gasteiger partial charge in [0, 0.05) is 30.9 Å². The molecule has 24 heavy (non-hydrogen) atoms. The molecule has 0 radical (unpaired) electrons. The van der Waals surface area contributed by atoms with E-state index in [1.54, 1.807) is 6.20 Å². The van der Waals surface area contributed by atoms with Crippen LogP contribution in [0.15, 0.2) is 30.5 Å². The Morgan fingerprint density at radius 2 is 2.25 bits per heavy atom. The fourth-order valence-corrected chi connectivity index (χ4v) is 3.16. The standard InChI is InChI=1S/C18H22N4O2/c23-18(17-10-16(20-21-17)13-6-7-13)22-9-3-5-15(11-22)24-12-14-4-1-2-8-19-14/h1-2,4,8,10,13,15H,3,5-7,9,11-12H2,(H,20,21)/t15-/m0/s1. The molecule has 1 amide bonds. The summed E-state index contributed by atoms with van der Waals surface area (Å²) < 4.78 is 5.95. The number of nitrogens with one attached hydrogen (secondary N) is 1. The summed E-state index contributed by atoms with van der Waals surface area (Å²) in [5.41, 5.74) is 2.54. The highest BCUT2D eigenvalue weighted by molar-refractivity contribution is 5.92. The van der Waals surface area contributed by atoms with E-state index in [1.165, 1.54) is 12.8 Å². The van der Waals surface area contributed by atoms with E-state index >= 15 is 0 Å². The van der Waals surface area contributed by atoms with Crippen molar-refractivity contribution in [3.63, 3.8) is 0 Å². The van der Waals surface area contributed by atoms with E-state index in [0.717, 1.165) is 30.8 Å². The Hall–Kier alpha value is -2.21. The van der Waals surface area contributed by atoms with Crippen molar-refractivity contribution in [1.29, 1.82) is 0 Å². The van der Waals surface area contributed by atoms with Gasteiger partial charge in [0.1, 0.15) is 5.69 Å². The first kappa shape index (κ1) is 15.3. The molecule has 126 valence electrons. The van der Waals surface area contributed by atoms with Crippen molar-refractivity contribution in [2.45, 2.75) is 44.3 Å². The number of carbonyl (C=O) groups is 1. The van der Waals surface area contributed by atoms with E-state index < -0.39 is 0 Å². The molecule has 0 spiro atoms. The number of hydrogen-bond acceptors (Lipinski definition) is 4. The molecule has 2 aromatic heterocycles. The third kappa shape index (κ3) is 3.48. The monoisotopic (exact) mass is 326 g/mol. The van der Waals surface area contributed by atoms with Crippen LogP contribution in [-0.2, 0) is 11.3 Å². The molecule has 1 aliphatic heterocycles. The molecular weight excluding hydrogens is 304 g/mol.